The highest BCUT2D eigenvalue weighted by atomic mass is 32.1. The number of hydrogen-bond donors (Lipinski definition) is 4. The van der Waals surface area contributed by atoms with Crippen LogP contribution in [0.15, 0.2) is 30.6 Å². The molecule has 0 saturated heterocycles. The Hall–Kier alpha value is -2.79. The number of hydrogen-bond acceptors (Lipinski definition) is 8. The van der Waals surface area contributed by atoms with Crippen LogP contribution in [0.1, 0.15) is 30.7 Å². The summed E-state index contributed by atoms with van der Waals surface area (Å²) in [7, 11) is 1.73. The third-order valence-electron chi connectivity index (χ3n) is 5.23. The van der Waals surface area contributed by atoms with Crippen molar-refractivity contribution in [1.29, 1.82) is 5.41 Å². The van der Waals surface area contributed by atoms with Crippen molar-refractivity contribution in [2.45, 2.75) is 45.4 Å². The van der Waals surface area contributed by atoms with Crippen LogP contribution in [0.2, 0.25) is 0 Å². The monoisotopic (exact) mass is 470 g/mol. The summed E-state index contributed by atoms with van der Waals surface area (Å²) in [6, 6.07) is 6.01. The van der Waals surface area contributed by atoms with Gasteiger partial charge in [0, 0.05) is 35.7 Å². The maximum absolute atomic E-state index is 10.0. The molecule has 0 spiro atoms. The first-order valence-electron chi connectivity index (χ1n) is 10.9. The van der Waals surface area contributed by atoms with Gasteiger partial charge in [-0.3, -0.25) is 15.1 Å². The van der Waals surface area contributed by atoms with Crippen LogP contribution in [-0.4, -0.2) is 67.7 Å². The minimum Gasteiger partial charge on any atom is -0.492 e. The molecule has 0 bridgehead atoms. The summed E-state index contributed by atoms with van der Waals surface area (Å²) in [5, 5.41) is 34.9. The van der Waals surface area contributed by atoms with Gasteiger partial charge in [-0.2, -0.15) is 5.10 Å². The van der Waals surface area contributed by atoms with Gasteiger partial charge in [0.05, 0.1) is 43.3 Å². The van der Waals surface area contributed by atoms with Crippen LogP contribution in [0.5, 0.6) is 5.75 Å². The molecule has 1 unspecified atom stereocenters. The number of thiazole rings is 1. The Labute approximate surface area is 197 Å². The lowest BCUT2D eigenvalue weighted by Crippen LogP contribution is -2.44. The van der Waals surface area contributed by atoms with Crippen molar-refractivity contribution in [2.24, 2.45) is 0 Å². The van der Waals surface area contributed by atoms with Crippen LogP contribution >= 0.6 is 11.3 Å². The molecule has 0 radical (unpaired) electrons. The van der Waals surface area contributed by atoms with Gasteiger partial charge in [0.1, 0.15) is 5.75 Å². The Morgan fingerprint density at radius 2 is 2.18 bits per heavy atom. The molecule has 3 heterocycles. The third-order valence-corrected chi connectivity index (χ3v) is 6.35. The summed E-state index contributed by atoms with van der Waals surface area (Å²) in [5.41, 5.74) is 5.76. The van der Waals surface area contributed by atoms with E-state index in [4.69, 9.17) is 15.1 Å². The van der Waals surface area contributed by atoms with Gasteiger partial charge in [-0.05, 0) is 38.5 Å². The molecular formula is C23H30N6O3S. The molecule has 2 aromatic heterocycles. The average molecular weight is 471 g/mol. The number of fused-ring (bicyclic) bond motifs is 3. The van der Waals surface area contributed by atoms with E-state index < -0.39 is 11.7 Å². The predicted molar refractivity (Wildman–Crippen MR) is 129 cm³/mol. The van der Waals surface area contributed by atoms with E-state index in [9.17, 15) is 10.2 Å². The molecule has 0 aliphatic carbocycles. The van der Waals surface area contributed by atoms with Crippen LogP contribution in [-0.2, 0) is 13.0 Å². The van der Waals surface area contributed by atoms with Crippen LogP contribution in [0, 0.1) is 5.41 Å². The topological polar surface area (TPSA) is 120 Å². The van der Waals surface area contributed by atoms with Crippen molar-refractivity contribution >= 4 is 17.2 Å². The Balaban J connectivity index is 1.63. The minimum absolute atomic E-state index is 0.231. The van der Waals surface area contributed by atoms with Gasteiger partial charge in [0.2, 0.25) is 0 Å². The predicted octanol–water partition coefficient (Wildman–Crippen LogP) is 2.52. The van der Waals surface area contributed by atoms with E-state index in [0.717, 1.165) is 33.0 Å². The van der Waals surface area contributed by atoms with Crippen molar-refractivity contribution in [3.63, 3.8) is 0 Å². The number of aliphatic hydroxyl groups is 2. The van der Waals surface area contributed by atoms with E-state index >= 15 is 0 Å². The number of aromatic nitrogens is 3. The van der Waals surface area contributed by atoms with E-state index in [1.165, 1.54) is 11.3 Å². The minimum atomic E-state index is -0.843. The van der Waals surface area contributed by atoms with Crippen molar-refractivity contribution in [1.82, 2.24) is 25.2 Å². The molecule has 1 aromatic carbocycles. The van der Waals surface area contributed by atoms with Crippen LogP contribution in [0.25, 0.3) is 22.4 Å². The standard InChI is InChI=1S/C23H30N6O3S/c1-14(30)11-29(25-4)21(24)22-27-20-17-6-5-15(9-18(17)32-8-7-19(20)33-22)16-10-26-28(12-16)13-23(2,3)31/h5-6,9-10,12,14,24-25,30-31H,7-8,11,13H2,1-4H3. The van der Waals surface area contributed by atoms with E-state index in [0.29, 0.717) is 31.1 Å². The summed E-state index contributed by atoms with van der Waals surface area (Å²) >= 11 is 1.48. The molecule has 9 nitrogen and oxygen atoms in total. The number of hydrazine groups is 1. The Bertz CT molecular complexity index is 1150. The van der Waals surface area contributed by atoms with Crippen molar-refractivity contribution < 1.29 is 14.9 Å². The second-order valence-electron chi connectivity index (χ2n) is 8.87. The van der Waals surface area contributed by atoms with Crippen LogP contribution in [0.3, 0.4) is 0 Å². The molecule has 1 aliphatic heterocycles. The molecule has 10 heteroatoms. The number of amidine groups is 1. The quantitative estimate of drug-likeness (QED) is 0.238. The Morgan fingerprint density at radius 1 is 1.39 bits per heavy atom. The first kappa shape index (κ1) is 23.4. The Morgan fingerprint density at radius 3 is 2.88 bits per heavy atom. The lowest BCUT2D eigenvalue weighted by atomic mass is 10.0. The zero-order valence-electron chi connectivity index (χ0n) is 19.3. The van der Waals surface area contributed by atoms with Gasteiger partial charge in [0.15, 0.2) is 10.8 Å². The van der Waals surface area contributed by atoms with Crippen molar-refractivity contribution in [3.8, 4) is 28.1 Å². The lowest BCUT2D eigenvalue weighted by Gasteiger charge is -2.23. The van der Waals surface area contributed by atoms with Gasteiger partial charge < -0.3 is 14.9 Å². The number of rotatable bonds is 7. The summed E-state index contributed by atoms with van der Waals surface area (Å²) in [6.07, 6.45) is 3.84. The molecule has 4 rings (SSSR count). The summed E-state index contributed by atoms with van der Waals surface area (Å²) < 4.78 is 7.79. The summed E-state index contributed by atoms with van der Waals surface area (Å²) in [6.45, 7) is 6.43. The highest BCUT2D eigenvalue weighted by molar-refractivity contribution is 7.14. The molecule has 0 amide bonds. The maximum Gasteiger partial charge on any atom is 0.172 e. The van der Waals surface area contributed by atoms with Crippen LogP contribution in [0.4, 0.5) is 0 Å². The molecule has 33 heavy (non-hydrogen) atoms. The first-order valence-corrected chi connectivity index (χ1v) is 11.7. The number of nitrogens with zero attached hydrogens (tertiary/aromatic N) is 4. The highest BCUT2D eigenvalue weighted by Crippen LogP contribution is 2.40. The van der Waals surface area contributed by atoms with E-state index in [1.54, 1.807) is 43.7 Å². The Kier molecular flexibility index (Phi) is 6.53. The highest BCUT2D eigenvalue weighted by Gasteiger charge is 2.24. The molecule has 0 fully saturated rings. The molecule has 176 valence electrons. The fraction of sp³-hybridized carbons (Fsp3) is 0.435. The number of nitrogens with one attached hydrogen (secondary N) is 2. The second-order valence-corrected chi connectivity index (χ2v) is 9.95. The third kappa shape index (κ3) is 5.25. The smallest absolute Gasteiger partial charge is 0.172 e. The molecule has 0 saturated carbocycles. The second kappa shape index (κ2) is 9.22. The largest absolute Gasteiger partial charge is 0.492 e. The van der Waals surface area contributed by atoms with Crippen molar-refractivity contribution in [3.05, 3.63) is 40.5 Å². The van der Waals surface area contributed by atoms with Crippen molar-refractivity contribution in [2.75, 3.05) is 20.2 Å². The number of ether oxygens (including phenoxy) is 1. The summed E-state index contributed by atoms with van der Waals surface area (Å²) in [5.74, 6) is 0.981. The first-order chi connectivity index (χ1) is 15.6. The number of aliphatic hydroxyl groups excluding tert-OH is 1. The maximum atomic E-state index is 10.0. The van der Waals surface area contributed by atoms with E-state index in [-0.39, 0.29) is 5.84 Å². The molecule has 3 aromatic rings. The lowest BCUT2D eigenvalue weighted by molar-refractivity contribution is 0.0577. The van der Waals surface area contributed by atoms with Crippen LogP contribution < -0.4 is 10.2 Å². The fourth-order valence-corrected chi connectivity index (χ4v) is 4.79. The van der Waals surface area contributed by atoms with Gasteiger partial charge >= 0.3 is 0 Å². The van der Waals surface area contributed by atoms with E-state index in [1.807, 2.05) is 24.4 Å². The zero-order chi connectivity index (χ0) is 23.8. The molecule has 1 aliphatic rings. The van der Waals surface area contributed by atoms with Gasteiger partial charge in [-0.1, -0.05) is 6.07 Å². The van der Waals surface area contributed by atoms with Gasteiger partial charge in [0.25, 0.3) is 0 Å². The normalized spacial score (nSPS) is 14.1. The fourth-order valence-electron chi connectivity index (χ4n) is 3.77. The van der Waals surface area contributed by atoms with Gasteiger partial charge in [-0.25, -0.2) is 10.4 Å². The van der Waals surface area contributed by atoms with E-state index in [2.05, 4.69) is 10.5 Å². The SMILES string of the molecule is CNN(CC(C)O)C(=N)c1nc2c(s1)CCOc1cc(-c3cnn(CC(C)(C)O)c3)ccc1-2. The molecule has 1 atom stereocenters. The average Bonchev–Trinajstić information content (AvgIpc) is 3.34. The zero-order valence-corrected chi connectivity index (χ0v) is 20.1. The number of benzene rings is 1. The van der Waals surface area contributed by atoms with Gasteiger partial charge in [-0.15, -0.1) is 11.3 Å². The molecule has 4 N–H and O–H groups in total. The summed E-state index contributed by atoms with van der Waals surface area (Å²) in [4.78, 5) is 5.86. The molecular weight excluding hydrogens is 440 g/mol.